The molecule has 2 aliphatic rings. The number of rotatable bonds is 4. The summed E-state index contributed by atoms with van der Waals surface area (Å²) in [5.41, 5.74) is 0.613. The number of hydrogen-bond acceptors (Lipinski definition) is 5. The molecular weight excluding hydrogens is 320 g/mol. The van der Waals surface area contributed by atoms with E-state index in [0.29, 0.717) is 23.1 Å². The zero-order valence-electron chi connectivity index (χ0n) is 15.4. The first-order valence-corrected chi connectivity index (χ1v) is 8.98. The van der Waals surface area contributed by atoms with Gasteiger partial charge in [-0.15, -0.1) is 0 Å². The number of nitrogens with zero attached hydrogens (tertiary/aromatic N) is 2. The molecule has 0 radical (unpaired) electrons. The Bertz CT molecular complexity index is 579. The summed E-state index contributed by atoms with van der Waals surface area (Å²) in [5, 5.41) is 0. The minimum absolute atomic E-state index is 0.0383. The summed E-state index contributed by atoms with van der Waals surface area (Å²) in [5.74, 6) is 1.31. The molecule has 2 saturated heterocycles. The molecule has 0 unspecified atom stereocenters. The third kappa shape index (κ3) is 4.07. The van der Waals surface area contributed by atoms with E-state index in [2.05, 4.69) is 11.8 Å². The van der Waals surface area contributed by atoms with Crippen molar-refractivity contribution in [1.82, 2.24) is 9.80 Å². The lowest BCUT2D eigenvalue weighted by molar-refractivity contribution is 0.000699. The maximum atomic E-state index is 13.0. The Kier molecular flexibility index (Phi) is 5.81. The quantitative estimate of drug-likeness (QED) is 0.833. The van der Waals surface area contributed by atoms with Crippen LogP contribution in [0.1, 0.15) is 30.1 Å². The molecule has 0 saturated carbocycles. The minimum atomic E-state index is 0.0383. The van der Waals surface area contributed by atoms with Gasteiger partial charge in [0.2, 0.25) is 0 Å². The molecule has 0 bridgehead atoms. The number of carbonyl (C=O) groups excluding carboxylic acids is 1. The Balaban J connectivity index is 1.69. The summed E-state index contributed by atoms with van der Waals surface area (Å²) in [4.78, 5) is 17.5. The number of piperazine rings is 1. The van der Waals surface area contributed by atoms with Crippen molar-refractivity contribution in [3.05, 3.63) is 23.8 Å². The predicted molar refractivity (Wildman–Crippen MR) is 95.5 cm³/mol. The monoisotopic (exact) mass is 348 g/mol. The first-order chi connectivity index (χ1) is 12.1. The van der Waals surface area contributed by atoms with Gasteiger partial charge in [0, 0.05) is 56.6 Å². The lowest BCUT2D eigenvalue weighted by Gasteiger charge is -2.44. The van der Waals surface area contributed by atoms with Crippen molar-refractivity contribution in [1.29, 1.82) is 0 Å². The van der Waals surface area contributed by atoms with Gasteiger partial charge in [0.15, 0.2) is 0 Å². The van der Waals surface area contributed by atoms with Crippen LogP contribution >= 0.6 is 0 Å². The van der Waals surface area contributed by atoms with E-state index in [0.717, 1.165) is 45.7 Å². The van der Waals surface area contributed by atoms with Crippen molar-refractivity contribution in [2.75, 3.05) is 47.1 Å². The topological polar surface area (TPSA) is 51.2 Å². The summed E-state index contributed by atoms with van der Waals surface area (Å²) in [6.45, 7) is 6.40. The fraction of sp³-hybridized carbons (Fsp3) is 0.632. The van der Waals surface area contributed by atoms with Crippen LogP contribution in [0.25, 0.3) is 0 Å². The highest BCUT2D eigenvalue weighted by Crippen LogP contribution is 2.25. The van der Waals surface area contributed by atoms with Crippen LogP contribution in [0.15, 0.2) is 18.2 Å². The van der Waals surface area contributed by atoms with E-state index in [1.165, 1.54) is 0 Å². The van der Waals surface area contributed by atoms with Gasteiger partial charge in [0.05, 0.1) is 14.2 Å². The van der Waals surface area contributed by atoms with Crippen molar-refractivity contribution in [2.24, 2.45) is 0 Å². The Hall–Kier alpha value is -1.79. The molecule has 1 aromatic rings. The van der Waals surface area contributed by atoms with Crippen molar-refractivity contribution in [3.8, 4) is 11.5 Å². The molecule has 0 aliphatic carbocycles. The lowest BCUT2D eigenvalue weighted by Crippen LogP contribution is -2.57. The number of ether oxygens (including phenoxy) is 3. The van der Waals surface area contributed by atoms with Gasteiger partial charge in [-0.2, -0.15) is 0 Å². The van der Waals surface area contributed by atoms with Crippen molar-refractivity contribution in [2.45, 2.75) is 31.8 Å². The van der Waals surface area contributed by atoms with Gasteiger partial charge in [0.25, 0.3) is 5.91 Å². The maximum Gasteiger partial charge on any atom is 0.254 e. The number of amides is 1. The molecule has 0 N–H and O–H groups in total. The Labute approximate surface area is 149 Å². The maximum absolute atomic E-state index is 13.0. The van der Waals surface area contributed by atoms with Crippen LogP contribution in [-0.2, 0) is 4.74 Å². The molecule has 1 atom stereocenters. The molecule has 2 fully saturated rings. The molecule has 1 amide bonds. The Morgan fingerprint density at radius 2 is 1.72 bits per heavy atom. The van der Waals surface area contributed by atoms with Crippen LogP contribution in [0.4, 0.5) is 0 Å². The molecule has 6 nitrogen and oxygen atoms in total. The molecule has 138 valence electrons. The third-order valence-corrected chi connectivity index (χ3v) is 5.23. The molecule has 2 heterocycles. The number of methoxy groups -OCH3 is 2. The molecule has 1 aromatic carbocycles. The lowest BCUT2D eigenvalue weighted by atomic mass is 10.0. The van der Waals surface area contributed by atoms with Crippen LogP contribution in [0, 0.1) is 0 Å². The van der Waals surface area contributed by atoms with Crippen molar-refractivity contribution < 1.29 is 19.0 Å². The van der Waals surface area contributed by atoms with Gasteiger partial charge in [-0.1, -0.05) is 0 Å². The van der Waals surface area contributed by atoms with E-state index in [1.54, 1.807) is 32.4 Å². The van der Waals surface area contributed by atoms with E-state index in [4.69, 9.17) is 14.2 Å². The molecule has 2 aliphatic heterocycles. The third-order valence-electron chi connectivity index (χ3n) is 5.23. The van der Waals surface area contributed by atoms with Gasteiger partial charge in [0.1, 0.15) is 11.5 Å². The molecule has 25 heavy (non-hydrogen) atoms. The minimum Gasteiger partial charge on any atom is -0.497 e. The van der Waals surface area contributed by atoms with Gasteiger partial charge < -0.3 is 19.1 Å². The number of hydrogen-bond donors (Lipinski definition) is 0. The molecule has 0 aromatic heterocycles. The standard InChI is InChI=1S/C19H28N2O4/c1-14-13-20(16-4-8-25-9-5-16)6-7-21(14)19(22)15-10-17(23-2)12-18(11-15)24-3/h10-12,14,16H,4-9,13H2,1-3H3/t14-/m1/s1. The average Bonchev–Trinajstić information content (AvgIpc) is 2.67. The summed E-state index contributed by atoms with van der Waals surface area (Å²) in [6, 6.07) is 6.11. The Morgan fingerprint density at radius 1 is 1.08 bits per heavy atom. The Morgan fingerprint density at radius 3 is 2.28 bits per heavy atom. The van der Waals surface area contributed by atoms with E-state index in [9.17, 15) is 4.79 Å². The van der Waals surface area contributed by atoms with E-state index in [-0.39, 0.29) is 11.9 Å². The predicted octanol–water partition coefficient (Wildman–Crippen LogP) is 2.03. The van der Waals surface area contributed by atoms with E-state index in [1.807, 2.05) is 4.90 Å². The SMILES string of the molecule is COc1cc(OC)cc(C(=O)N2CCN(C3CCOCC3)C[C@H]2C)c1. The second kappa shape index (κ2) is 8.06. The molecule has 0 spiro atoms. The highest BCUT2D eigenvalue weighted by Gasteiger charge is 2.32. The summed E-state index contributed by atoms with van der Waals surface area (Å²) in [6.07, 6.45) is 2.18. The van der Waals surface area contributed by atoms with Crippen LogP contribution in [0.5, 0.6) is 11.5 Å². The first kappa shape index (κ1) is 18.0. The van der Waals surface area contributed by atoms with Gasteiger partial charge in [-0.3, -0.25) is 9.69 Å². The average molecular weight is 348 g/mol. The first-order valence-electron chi connectivity index (χ1n) is 8.98. The normalized spacial score (nSPS) is 22.7. The second-order valence-electron chi connectivity index (χ2n) is 6.79. The van der Waals surface area contributed by atoms with Crippen LogP contribution in [0.3, 0.4) is 0 Å². The molecule has 3 rings (SSSR count). The van der Waals surface area contributed by atoms with Gasteiger partial charge >= 0.3 is 0 Å². The summed E-state index contributed by atoms with van der Waals surface area (Å²) in [7, 11) is 3.19. The second-order valence-corrected chi connectivity index (χ2v) is 6.79. The van der Waals surface area contributed by atoms with Gasteiger partial charge in [-0.05, 0) is 31.9 Å². The zero-order chi connectivity index (χ0) is 17.8. The highest BCUT2D eigenvalue weighted by molar-refractivity contribution is 5.95. The van der Waals surface area contributed by atoms with Gasteiger partial charge in [-0.25, -0.2) is 0 Å². The van der Waals surface area contributed by atoms with Crippen molar-refractivity contribution in [3.63, 3.8) is 0 Å². The fourth-order valence-corrected chi connectivity index (χ4v) is 3.77. The van der Waals surface area contributed by atoms with E-state index >= 15 is 0 Å². The molecular formula is C19H28N2O4. The van der Waals surface area contributed by atoms with Crippen LogP contribution in [0.2, 0.25) is 0 Å². The number of benzene rings is 1. The summed E-state index contributed by atoms with van der Waals surface area (Å²) < 4.78 is 16.0. The summed E-state index contributed by atoms with van der Waals surface area (Å²) >= 11 is 0. The largest absolute Gasteiger partial charge is 0.497 e. The smallest absolute Gasteiger partial charge is 0.254 e. The number of carbonyl (C=O) groups is 1. The van der Waals surface area contributed by atoms with Crippen LogP contribution in [-0.4, -0.2) is 74.9 Å². The zero-order valence-corrected chi connectivity index (χ0v) is 15.4. The van der Waals surface area contributed by atoms with Crippen molar-refractivity contribution >= 4 is 5.91 Å². The van der Waals surface area contributed by atoms with Crippen LogP contribution < -0.4 is 9.47 Å². The highest BCUT2D eigenvalue weighted by atomic mass is 16.5. The fourth-order valence-electron chi connectivity index (χ4n) is 3.77. The van der Waals surface area contributed by atoms with E-state index < -0.39 is 0 Å². The molecule has 6 heteroatoms.